The molecule has 0 aromatic carbocycles. The van der Waals surface area contributed by atoms with Gasteiger partial charge in [-0.25, -0.2) is 4.98 Å². The second kappa shape index (κ2) is 7.23. The van der Waals surface area contributed by atoms with Crippen LogP contribution in [0, 0.1) is 5.92 Å². The molecule has 1 aromatic heterocycles. The fourth-order valence-corrected chi connectivity index (χ4v) is 3.99. The number of anilines is 1. The minimum atomic E-state index is -0.116. The minimum Gasteiger partial charge on any atom is -0.384 e. The summed E-state index contributed by atoms with van der Waals surface area (Å²) in [7, 11) is 0. The first-order valence-electron chi connectivity index (χ1n) is 9.19. The number of hydrogen-bond donors (Lipinski definition) is 3. The molecule has 0 fully saturated rings. The Morgan fingerprint density at radius 3 is 3.04 bits per heavy atom. The van der Waals surface area contributed by atoms with Gasteiger partial charge in [0.25, 0.3) is 0 Å². The van der Waals surface area contributed by atoms with Crippen molar-refractivity contribution < 1.29 is 4.79 Å². The number of nitrogens with zero attached hydrogens (tertiary/aromatic N) is 2. The van der Waals surface area contributed by atoms with Gasteiger partial charge in [0.05, 0.1) is 5.92 Å². The Kier molecular flexibility index (Phi) is 4.62. The van der Waals surface area contributed by atoms with Crippen LogP contribution < -0.4 is 16.4 Å². The van der Waals surface area contributed by atoms with Crippen molar-refractivity contribution in [2.75, 3.05) is 5.73 Å². The Morgan fingerprint density at radius 2 is 2.26 bits per heavy atom. The van der Waals surface area contributed by atoms with E-state index in [1.165, 1.54) is 17.2 Å². The molecule has 0 bridgehead atoms. The van der Waals surface area contributed by atoms with Crippen LogP contribution in [-0.2, 0) is 4.79 Å². The molecule has 3 aliphatic rings. The normalized spacial score (nSPS) is 26.2. The number of fused-ring (bicyclic) bond motifs is 1. The number of allylic oxidation sites excluding steroid dienone is 2. The molecule has 1 aliphatic carbocycles. The van der Waals surface area contributed by atoms with Gasteiger partial charge in [-0.1, -0.05) is 12.7 Å². The SMILES string of the molecule is C=CC(=O)NC1CCC=C(C2=CC=NC3NC=C(c4ccc(N)nc4)C23)C1. The summed E-state index contributed by atoms with van der Waals surface area (Å²) in [5.74, 6) is 0.519. The van der Waals surface area contributed by atoms with E-state index in [4.69, 9.17) is 5.73 Å². The molecule has 4 rings (SSSR count). The van der Waals surface area contributed by atoms with Crippen molar-refractivity contribution >= 4 is 23.5 Å². The number of carbonyl (C=O) groups excluding carboxylic acids is 1. The van der Waals surface area contributed by atoms with Gasteiger partial charge in [-0.15, -0.1) is 0 Å². The maximum absolute atomic E-state index is 11.7. The third kappa shape index (κ3) is 3.43. The van der Waals surface area contributed by atoms with Crippen LogP contribution in [0.25, 0.3) is 5.57 Å². The second-order valence-electron chi connectivity index (χ2n) is 7.00. The van der Waals surface area contributed by atoms with Crippen LogP contribution in [0.3, 0.4) is 0 Å². The van der Waals surface area contributed by atoms with Crippen molar-refractivity contribution in [2.45, 2.75) is 31.5 Å². The molecule has 27 heavy (non-hydrogen) atoms. The highest BCUT2D eigenvalue weighted by molar-refractivity contribution is 5.87. The van der Waals surface area contributed by atoms with Gasteiger partial charge in [-0.05, 0) is 65.8 Å². The molecule has 138 valence electrons. The highest BCUT2D eigenvalue weighted by atomic mass is 16.1. The fraction of sp³-hybridized carbons (Fsp3) is 0.286. The lowest BCUT2D eigenvalue weighted by molar-refractivity contribution is -0.117. The number of aromatic nitrogens is 1. The summed E-state index contributed by atoms with van der Waals surface area (Å²) in [5.41, 5.74) is 10.5. The zero-order valence-electron chi connectivity index (χ0n) is 15.1. The van der Waals surface area contributed by atoms with Gasteiger partial charge in [-0.3, -0.25) is 9.79 Å². The molecule has 1 aromatic rings. The van der Waals surface area contributed by atoms with E-state index in [0.29, 0.717) is 5.82 Å². The number of nitrogens with two attached hydrogens (primary N) is 1. The zero-order valence-corrected chi connectivity index (χ0v) is 15.1. The van der Waals surface area contributed by atoms with E-state index in [1.807, 2.05) is 30.7 Å². The number of pyridine rings is 1. The summed E-state index contributed by atoms with van der Waals surface area (Å²) in [5, 5.41) is 6.41. The molecule has 3 unspecified atom stereocenters. The monoisotopic (exact) mass is 361 g/mol. The number of rotatable bonds is 4. The lowest BCUT2D eigenvalue weighted by Crippen LogP contribution is -2.36. The standard InChI is InChI=1S/C21H23N5O/c1-2-19(27)26-15-5-3-4-13(10-15)16-8-9-23-21-20(16)17(12-25-21)14-6-7-18(22)24-11-14/h2,4,6-9,11-12,15,20-21,25H,1,3,5,10H2,(H2,22,24)(H,26,27). The van der Waals surface area contributed by atoms with E-state index in [-0.39, 0.29) is 24.0 Å². The highest BCUT2D eigenvalue weighted by Crippen LogP contribution is 2.42. The van der Waals surface area contributed by atoms with Gasteiger partial charge in [0.2, 0.25) is 5.91 Å². The maximum atomic E-state index is 11.7. The van der Waals surface area contributed by atoms with Crippen molar-refractivity contribution in [3.63, 3.8) is 0 Å². The first kappa shape index (κ1) is 17.3. The molecule has 2 aliphatic heterocycles. The van der Waals surface area contributed by atoms with Crippen molar-refractivity contribution in [2.24, 2.45) is 10.9 Å². The Hall–Kier alpha value is -3.15. The molecular formula is C21H23N5O. The van der Waals surface area contributed by atoms with Gasteiger partial charge in [-0.2, -0.15) is 0 Å². The highest BCUT2D eigenvalue weighted by Gasteiger charge is 2.36. The van der Waals surface area contributed by atoms with Crippen LogP contribution in [0.1, 0.15) is 24.8 Å². The number of carbonyl (C=O) groups is 1. The second-order valence-corrected chi connectivity index (χ2v) is 7.00. The molecule has 0 saturated heterocycles. The van der Waals surface area contributed by atoms with Crippen LogP contribution in [0.2, 0.25) is 0 Å². The quantitative estimate of drug-likeness (QED) is 0.718. The van der Waals surface area contributed by atoms with E-state index in [2.05, 4.69) is 39.3 Å². The Bertz CT molecular complexity index is 878. The topological polar surface area (TPSA) is 92.4 Å². The van der Waals surface area contributed by atoms with Crippen LogP contribution in [0.15, 0.2) is 65.5 Å². The Morgan fingerprint density at radius 1 is 1.37 bits per heavy atom. The van der Waals surface area contributed by atoms with E-state index < -0.39 is 0 Å². The average Bonchev–Trinajstić information content (AvgIpc) is 3.13. The molecule has 6 nitrogen and oxygen atoms in total. The summed E-state index contributed by atoms with van der Waals surface area (Å²) in [6.07, 6.45) is 14.1. The minimum absolute atomic E-state index is 0.0124. The van der Waals surface area contributed by atoms with Gasteiger partial charge in [0.15, 0.2) is 0 Å². The van der Waals surface area contributed by atoms with E-state index in [1.54, 1.807) is 0 Å². The first-order valence-corrected chi connectivity index (χ1v) is 9.19. The third-order valence-electron chi connectivity index (χ3n) is 5.29. The molecule has 1 amide bonds. The number of amides is 1. The molecule has 4 N–H and O–H groups in total. The van der Waals surface area contributed by atoms with Crippen LogP contribution in [-0.4, -0.2) is 29.3 Å². The molecule has 0 saturated carbocycles. The van der Waals surface area contributed by atoms with Crippen molar-refractivity contribution in [1.82, 2.24) is 15.6 Å². The fourth-order valence-electron chi connectivity index (χ4n) is 3.99. The van der Waals surface area contributed by atoms with Gasteiger partial charge >= 0.3 is 0 Å². The zero-order chi connectivity index (χ0) is 18.8. The van der Waals surface area contributed by atoms with E-state index >= 15 is 0 Å². The first-order chi connectivity index (χ1) is 13.2. The molecule has 3 heterocycles. The molecule has 3 atom stereocenters. The van der Waals surface area contributed by atoms with Crippen molar-refractivity contribution in [3.8, 4) is 0 Å². The summed E-state index contributed by atoms with van der Waals surface area (Å²) in [6.45, 7) is 3.54. The number of aliphatic imine (C=N–C) groups is 1. The van der Waals surface area contributed by atoms with E-state index in [0.717, 1.165) is 30.4 Å². The lowest BCUT2D eigenvalue weighted by atomic mass is 9.78. The average molecular weight is 361 g/mol. The summed E-state index contributed by atoms with van der Waals surface area (Å²) < 4.78 is 0. The van der Waals surface area contributed by atoms with Gasteiger partial charge in [0, 0.05) is 24.7 Å². The Balaban J connectivity index is 1.59. The summed E-state index contributed by atoms with van der Waals surface area (Å²) >= 11 is 0. The van der Waals surface area contributed by atoms with Gasteiger partial charge < -0.3 is 16.4 Å². The van der Waals surface area contributed by atoms with Gasteiger partial charge in [0.1, 0.15) is 12.0 Å². The molecule has 0 radical (unpaired) electrons. The van der Waals surface area contributed by atoms with Crippen LogP contribution >= 0.6 is 0 Å². The van der Waals surface area contributed by atoms with Crippen LogP contribution in [0.4, 0.5) is 5.82 Å². The molecular weight excluding hydrogens is 338 g/mol. The molecule has 0 spiro atoms. The van der Waals surface area contributed by atoms with Crippen molar-refractivity contribution in [3.05, 3.63) is 66.0 Å². The largest absolute Gasteiger partial charge is 0.384 e. The summed E-state index contributed by atoms with van der Waals surface area (Å²) in [6, 6.07) is 3.95. The predicted octanol–water partition coefficient (Wildman–Crippen LogP) is 2.34. The van der Waals surface area contributed by atoms with Crippen LogP contribution in [0.5, 0.6) is 0 Å². The predicted molar refractivity (Wildman–Crippen MR) is 108 cm³/mol. The van der Waals surface area contributed by atoms with Crippen molar-refractivity contribution in [1.29, 1.82) is 0 Å². The number of nitrogens with one attached hydrogen (secondary N) is 2. The number of nitrogen functional groups attached to an aromatic ring is 1. The maximum Gasteiger partial charge on any atom is 0.243 e. The number of hydrogen-bond acceptors (Lipinski definition) is 5. The lowest BCUT2D eigenvalue weighted by Gasteiger charge is -2.31. The number of dihydropyridines is 1. The smallest absolute Gasteiger partial charge is 0.243 e. The third-order valence-corrected chi connectivity index (χ3v) is 5.29. The van der Waals surface area contributed by atoms with E-state index in [9.17, 15) is 4.79 Å². The molecule has 6 heteroatoms. The Labute approximate surface area is 158 Å². The summed E-state index contributed by atoms with van der Waals surface area (Å²) in [4.78, 5) is 20.5.